The molecule has 0 fully saturated rings. The number of fused-ring (bicyclic) bond motifs is 15. The summed E-state index contributed by atoms with van der Waals surface area (Å²) in [6.07, 6.45) is 8.88. The summed E-state index contributed by atoms with van der Waals surface area (Å²) in [6.45, 7) is 0. The first-order valence-electron chi connectivity index (χ1n) is 18.2. The van der Waals surface area contributed by atoms with Crippen LogP contribution in [0.2, 0.25) is 0 Å². The topological polar surface area (TPSA) is 19.1 Å². The number of aromatic nitrogens is 2. The highest BCUT2D eigenvalue weighted by atomic mass is 16.5. The van der Waals surface area contributed by atoms with Gasteiger partial charge in [-0.15, -0.1) is 0 Å². The lowest BCUT2D eigenvalue weighted by Crippen LogP contribution is -2.47. The average Bonchev–Trinajstić information content (AvgIpc) is 3.82. The van der Waals surface area contributed by atoms with Gasteiger partial charge in [-0.2, -0.15) is 0 Å². The van der Waals surface area contributed by atoms with E-state index in [1.54, 1.807) is 0 Å². The summed E-state index contributed by atoms with van der Waals surface area (Å²) in [4.78, 5) is 0. The van der Waals surface area contributed by atoms with Crippen LogP contribution in [0.15, 0.2) is 182 Å². The van der Waals surface area contributed by atoms with Gasteiger partial charge in [0.2, 0.25) is 0 Å². The van der Waals surface area contributed by atoms with Gasteiger partial charge in [0.15, 0.2) is 0 Å². The molecule has 52 heavy (non-hydrogen) atoms. The molecule has 3 heteroatoms. The van der Waals surface area contributed by atoms with Gasteiger partial charge in [0.1, 0.15) is 11.9 Å². The Morgan fingerprint density at radius 2 is 1.00 bits per heavy atom. The Labute approximate surface area is 300 Å². The number of benzene rings is 7. The summed E-state index contributed by atoms with van der Waals surface area (Å²) >= 11 is 0. The zero-order chi connectivity index (χ0) is 34.0. The van der Waals surface area contributed by atoms with Crippen molar-refractivity contribution in [2.75, 3.05) is 0 Å². The Kier molecular flexibility index (Phi) is 5.55. The van der Waals surface area contributed by atoms with Crippen LogP contribution in [0.5, 0.6) is 5.75 Å². The SMILES string of the molecule is C1=CC2Oc3cc4c(cc3C3(c5ccccc5-c5ccccc53)C2C=C1)c1ccccc1n4-c1ccc2c(c1)c1ccccc1n2-c1ccccc1. The predicted molar refractivity (Wildman–Crippen MR) is 213 cm³/mol. The summed E-state index contributed by atoms with van der Waals surface area (Å²) in [5.74, 6) is 1.07. The fraction of sp³-hybridized carbons (Fsp3) is 0.0612. The molecule has 9 aromatic rings. The minimum absolute atomic E-state index is 0.0903. The van der Waals surface area contributed by atoms with Crippen molar-refractivity contribution in [2.45, 2.75) is 11.5 Å². The zero-order valence-corrected chi connectivity index (χ0v) is 28.3. The van der Waals surface area contributed by atoms with Crippen LogP contribution in [-0.4, -0.2) is 15.2 Å². The Balaban J connectivity index is 1.16. The lowest BCUT2D eigenvalue weighted by Gasteiger charge is -2.47. The van der Waals surface area contributed by atoms with E-state index in [4.69, 9.17) is 4.74 Å². The van der Waals surface area contributed by atoms with Gasteiger partial charge in [-0.1, -0.05) is 121 Å². The molecule has 1 aliphatic heterocycles. The van der Waals surface area contributed by atoms with Gasteiger partial charge in [0, 0.05) is 50.5 Å². The number of rotatable bonds is 2. The second-order valence-corrected chi connectivity index (χ2v) is 14.4. The largest absolute Gasteiger partial charge is 0.485 e. The number of allylic oxidation sites excluding steroid dienone is 2. The fourth-order valence-corrected chi connectivity index (χ4v) is 9.97. The average molecular weight is 665 g/mol. The lowest BCUT2D eigenvalue weighted by molar-refractivity contribution is 0.141. The van der Waals surface area contributed by atoms with Gasteiger partial charge in [-0.3, -0.25) is 0 Å². The van der Waals surface area contributed by atoms with Crippen LogP contribution in [0.4, 0.5) is 0 Å². The molecule has 0 saturated carbocycles. The van der Waals surface area contributed by atoms with Crippen molar-refractivity contribution in [1.29, 1.82) is 0 Å². The molecular weight excluding hydrogens is 633 g/mol. The number of ether oxygens (including phenoxy) is 1. The Morgan fingerprint density at radius 1 is 0.423 bits per heavy atom. The quantitative estimate of drug-likeness (QED) is 0.180. The second-order valence-electron chi connectivity index (χ2n) is 14.4. The van der Waals surface area contributed by atoms with E-state index in [2.05, 4.69) is 191 Å². The van der Waals surface area contributed by atoms with Crippen LogP contribution in [0.25, 0.3) is 66.1 Å². The Morgan fingerprint density at radius 3 is 1.73 bits per heavy atom. The van der Waals surface area contributed by atoms with Crippen LogP contribution in [0.1, 0.15) is 16.7 Å². The summed E-state index contributed by atoms with van der Waals surface area (Å²) in [6, 6.07) is 58.1. The van der Waals surface area contributed by atoms with Gasteiger partial charge in [0.05, 0.1) is 27.5 Å². The van der Waals surface area contributed by atoms with Gasteiger partial charge in [0.25, 0.3) is 0 Å². The molecule has 7 aromatic carbocycles. The van der Waals surface area contributed by atoms with E-state index in [9.17, 15) is 0 Å². The third-order valence-electron chi connectivity index (χ3n) is 12.0. The molecule has 0 saturated heterocycles. The maximum Gasteiger partial charge on any atom is 0.126 e. The molecule has 2 aliphatic carbocycles. The van der Waals surface area contributed by atoms with E-state index in [1.807, 2.05) is 0 Å². The van der Waals surface area contributed by atoms with Crippen molar-refractivity contribution in [3.8, 4) is 28.3 Å². The molecule has 1 spiro atoms. The van der Waals surface area contributed by atoms with Crippen LogP contribution in [0, 0.1) is 5.92 Å². The Hall–Kier alpha value is -6.58. The van der Waals surface area contributed by atoms with Gasteiger partial charge < -0.3 is 13.9 Å². The Bertz CT molecular complexity index is 2970. The zero-order valence-electron chi connectivity index (χ0n) is 28.3. The van der Waals surface area contributed by atoms with Crippen molar-refractivity contribution in [1.82, 2.24) is 9.13 Å². The maximum atomic E-state index is 7.07. The van der Waals surface area contributed by atoms with E-state index < -0.39 is 0 Å². The third-order valence-corrected chi connectivity index (χ3v) is 12.0. The summed E-state index contributed by atoms with van der Waals surface area (Å²) < 4.78 is 11.9. The lowest BCUT2D eigenvalue weighted by atomic mass is 9.60. The number of hydrogen-bond donors (Lipinski definition) is 0. The minimum atomic E-state index is -0.387. The first-order chi connectivity index (χ1) is 25.8. The minimum Gasteiger partial charge on any atom is -0.485 e. The molecule has 3 heterocycles. The standard InChI is InChI=1S/C49H32N2O/c1-2-14-31(15-3-1)50-43-23-11-6-18-35(43)37-28-32(26-27-45(37)50)51-44-24-12-7-19-36(44)38-29-42-48(30-46(38)51)52-47-25-13-10-22-41(47)49(42)39-20-8-4-16-33(39)34-17-5-9-21-40(34)49/h1-30,41,47H. The summed E-state index contributed by atoms with van der Waals surface area (Å²) in [5, 5.41) is 4.95. The molecule has 0 bridgehead atoms. The summed E-state index contributed by atoms with van der Waals surface area (Å²) in [7, 11) is 0. The number of nitrogens with zero attached hydrogens (tertiary/aromatic N) is 2. The smallest absolute Gasteiger partial charge is 0.126 e. The van der Waals surface area contributed by atoms with E-state index in [0.29, 0.717) is 0 Å². The summed E-state index contributed by atoms with van der Waals surface area (Å²) in [5.41, 5.74) is 13.2. The monoisotopic (exact) mass is 664 g/mol. The highest BCUT2D eigenvalue weighted by molar-refractivity contribution is 6.13. The highest BCUT2D eigenvalue weighted by Gasteiger charge is 2.55. The molecule has 0 radical (unpaired) electrons. The molecule has 0 amide bonds. The van der Waals surface area contributed by atoms with Crippen molar-refractivity contribution in [3.63, 3.8) is 0 Å². The van der Waals surface area contributed by atoms with Gasteiger partial charge >= 0.3 is 0 Å². The van der Waals surface area contributed by atoms with Crippen LogP contribution >= 0.6 is 0 Å². The molecular formula is C49H32N2O. The fourth-order valence-electron chi connectivity index (χ4n) is 9.97. The maximum absolute atomic E-state index is 7.07. The molecule has 3 aliphatic rings. The van der Waals surface area contributed by atoms with Crippen LogP contribution in [-0.2, 0) is 5.41 Å². The molecule has 3 nitrogen and oxygen atoms in total. The van der Waals surface area contributed by atoms with Gasteiger partial charge in [-0.25, -0.2) is 0 Å². The first-order valence-corrected chi connectivity index (χ1v) is 18.2. The number of para-hydroxylation sites is 3. The molecule has 0 N–H and O–H groups in total. The van der Waals surface area contributed by atoms with Crippen molar-refractivity contribution >= 4 is 43.6 Å². The predicted octanol–water partition coefficient (Wildman–Crippen LogP) is 11.7. The first kappa shape index (κ1) is 28.2. The van der Waals surface area contributed by atoms with E-state index in [-0.39, 0.29) is 17.4 Å². The third kappa shape index (κ3) is 3.50. The molecule has 244 valence electrons. The normalized spacial score (nSPS) is 17.8. The molecule has 12 rings (SSSR count). The highest BCUT2D eigenvalue weighted by Crippen LogP contribution is 2.62. The van der Waals surface area contributed by atoms with E-state index in [0.717, 1.165) is 22.6 Å². The molecule has 2 aromatic heterocycles. The van der Waals surface area contributed by atoms with Crippen molar-refractivity contribution in [2.24, 2.45) is 5.92 Å². The molecule has 2 unspecified atom stereocenters. The molecule has 2 atom stereocenters. The van der Waals surface area contributed by atoms with Crippen LogP contribution in [0.3, 0.4) is 0 Å². The van der Waals surface area contributed by atoms with Crippen molar-refractivity contribution in [3.05, 3.63) is 199 Å². The van der Waals surface area contributed by atoms with Crippen molar-refractivity contribution < 1.29 is 4.74 Å². The number of hydrogen-bond acceptors (Lipinski definition) is 1. The van der Waals surface area contributed by atoms with E-state index >= 15 is 0 Å². The second kappa shape index (κ2) is 10.2. The van der Waals surface area contributed by atoms with E-state index in [1.165, 1.54) is 65.9 Å². The van der Waals surface area contributed by atoms with Crippen LogP contribution < -0.4 is 4.74 Å². The van der Waals surface area contributed by atoms with Gasteiger partial charge in [-0.05, 0) is 76.9 Å².